The minimum absolute atomic E-state index is 0.000307. The highest BCUT2D eigenvalue weighted by Crippen LogP contribution is 2.40. The van der Waals surface area contributed by atoms with Gasteiger partial charge in [-0.3, -0.25) is 4.79 Å². The van der Waals surface area contributed by atoms with Crippen LogP contribution in [-0.4, -0.2) is 26.2 Å². The largest absolute Gasteiger partial charge is 0.457 e. The van der Waals surface area contributed by atoms with Gasteiger partial charge in [-0.2, -0.15) is 0 Å². The summed E-state index contributed by atoms with van der Waals surface area (Å²) in [6.07, 6.45) is 9.42. The number of aromatic amines is 2. The van der Waals surface area contributed by atoms with Crippen LogP contribution in [0.15, 0.2) is 146 Å². The number of rotatable bonds is 7. The summed E-state index contributed by atoms with van der Waals surface area (Å²) in [6.45, 7) is 20.2. The Morgan fingerprint density at radius 1 is 0.362 bits per heavy atom. The summed E-state index contributed by atoms with van der Waals surface area (Å²) in [6, 6.07) is 50.8. The number of ether oxygens (including phenoxy) is 1. The molecule has 0 aliphatic carbocycles. The predicted molar refractivity (Wildman–Crippen MR) is 289 cm³/mol. The second kappa shape index (κ2) is 17.4. The third kappa shape index (κ3) is 9.03. The smallest absolute Gasteiger partial charge is 0.150 e. The van der Waals surface area contributed by atoms with E-state index in [9.17, 15) is 4.79 Å². The first kappa shape index (κ1) is 45.0. The molecule has 6 heteroatoms. The van der Waals surface area contributed by atoms with Crippen LogP contribution in [0.25, 0.3) is 90.9 Å². The van der Waals surface area contributed by atoms with E-state index < -0.39 is 0 Å². The van der Waals surface area contributed by atoms with Gasteiger partial charge < -0.3 is 14.7 Å². The molecule has 0 unspecified atom stereocenters. The highest BCUT2D eigenvalue weighted by atomic mass is 16.5. The minimum atomic E-state index is 0.000307. The molecule has 10 rings (SSSR count). The molecule has 0 fully saturated rings. The molecule has 0 saturated heterocycles. The summed E-state index contributed by atoms with van der Waals surface area (Å²) < 4.78 is 6.24. The number of aldehydes is 1. The molecule has 8 bridgehead atoms. The van der Waals surface area contributed by atoms with Crippen molar-refractivity contribution in [1.29, 1.82) is 0 Å². The first-order chi connectivity index (χ1) is 33.0. The van der Waals surface area contributed by atoms with Gasteiger partial charge in [0.25, 0.3) is 0 Å². The number of benzene rings is 5. The molecule has 6 nitrogen and oxygen atoms in total. The lowest BCUT2D eigenvalue weighted by Crippen LogP contribution is -2.10. The number of carbonyl (C=O) groups excluding carboxylic acids is 1. The lowest BCUT2D eigenvalue weighted by molar-refractivity contribution is 0.112. The first-order valence-electron chi connectivity index (χ1n) is 23.8. The number of nitrogens with zero attached hydrogens (tertiary/aromatic N) is 2. The summed E-state index contributed by atoms with van der Waals surface area (Å²) in [5, 5.41) is 0. The molecule has 2 N–H and O–H groups in total. The second-order valence-corrected chi connectivity index (χ2v) is 21.3. The SMILES string of the molecule is CC(C)(C)c1ccc(-c2c3nc(c(-c4ccc(C(C)(C)C)cc4)c4ccc([nH]4)c(-c4ccc(Oc5ccc(C=O)cc5)cc4)c4ccc([nH]4)c(-c4ccc(C(C)(C)C)cc4)c4nc2C=C4)C=C3)cc1. The monoisotopic (exact) mass is 902 g/mol. The third-order valence-electron chi connectivity index (χ3n) is 13.3. The van der Waals surface area contributed by atoms with Gasteiger partial charge in [0.2, 0.25) is 0 Å². The Bertz CT molecular complexity index is 3320. The Labute approximate surface area is 405 Å². The summed E-state index contributed by atoms with van der Waals surface area (Å²) >= 11 is 0. The van der Waals surface area contributed by atoms with Gasteiger partial charge in [0.1, 0.15) is 17.8 Å². The van der Waals surface area contributed by atoms with Crippen molar-refractivity contribution in [2.75, 3.05) is 0 Å². The van der Waals surface area contributed by atoms with Crippen molar-refractivity contribution in [3.05, 3.63) is 191 Å². The number of hydrogen-bond acceptors (Lipinski definition) is 4. The zero-order valence-corrected chi connectivity index (χ0v) is 41.0. The van der Waals surface area contributed by atoms with Crippen LogP contribution in [0.1, 0.15) is 112 Å². The van der Waals surface area contributed by atoms with Crippen LogP contribution in [-0.2, 0) is 16.2 Å². The van der Waals surface area contributed by atoms with Crippen LogP contribution < -0.4 is 4.74 Å². The van der Waals surface area contributed by atoms with Crippen molar-refractivity contribution < 1.29 is 9.53 Å². The molecule has 342 valence electrons. The van der Waals surface area contributed by atoms with Crippen LogP contribution >= 0.6 is 0 Å². The number of fused-ring (bicyclic) bond motifs is 8. The van der Waals surface area contributed by atoms with E-state index in [-0.39, 0.29) is 16.2 Å². The Kier molecular flexibility index (Phi) is 11.3. The van der Waals surface area contributed by atoms with Crippen molar-refractivity contribution in [2.45, 2.75) is 78.6 Å². The van der Waals surface area contributed by atoms with Gasteiger partial charge in [0.05, 0.1) is 22.8 Å². The summed E-state index contributed by atoms with van der Waals surface area (Å²) in [4.78, 5) is 30.2. The Balaban J connectivity index is 1.27. The number of nitrogens with one attached hydrogen (secondary N) is 2. The van der Waals surface area contributed by atoms with E-state index in [1.165, 1.54) is 16.7 Å². The summed E-state index contributed by atoms with van der Waals surface area (Å²) in [5.74, 6) is 1.34. The van der Waals surface area contributed by atoms with Gasteiger partial charge in [-0.05, 0) is 140 Å². The normalized spacial score (nSPS) is 12.7. The molecule has 69 heavy (non-hydrogen) atoms. The zero-order valence-electron chi connectivity index (χ0n) is 41.0. The number of aromatic nitrogens is 4. The third-order valence-corrected chi connectivity index (χ3v) is 13.3. The molecule has 0 spiro atoms. The van der Waals surface area contributed by atoms with E-state index in [1.807, 2.05) is 24.3 Å². The lowest BCUT2D eigenvalue weighted by Gasteiger charge is -2.19. The minimum Gasteiger partial charge on any atom is -0.457 e. The average Bonchev–Trinajstić information content (AvgIpc) is 4.18. The molecule has 5 aromatic carbocycles. The van der Waals surface area contributed by atoms with Crippen molar-refractivity contribution in [1.82, 2.24) is 19.9 Å². The Hall–Kier alpha value is -7.83. The summed E-state index contributed by atoms with van der Waals surface area (Å²) in [7, 11) is 0. The van der Waals surface area contributed by atoms with Gasteiger partial charge in [-0.1, -0.05) is 147 Å². The number of H-pyrrole nitrogens is 2. The molecule has 0 saturated carbocycles. The number of hydrogen-bond donors (Lipinski definition) is 2. The van der Waals surface area contributed by atoms with Crippen LogP contribution in [0.4, 0.5) is 0 Å². The van der Waals surface area contributed by atoms with E-state index in [4.69, 9.17) is 14.7 Å². The van der Waals surface area contributed by atoms with Crippen molar-refractivity contribution in [3.63, 3.8) is 0 Å². The van der Waals surface area contributed by atoms with E-state index in [0.29, 0.717) is 17.1 Å². The van der Waals surface area contributed by atoms with Gasteiger partial charge in [0.15, 0.2) is 0 Å². The van der Waals surface area contributed by atoms with Gasteiger partial charge in [-0.25, -0.2) is 9.97 Å². The zero-order chi connectivity index (χ0) is 48.2. The first-order valence-corrected chi connectivity index (χ1v) is 23.8. The highest BCUT2D eigenvalue weighted by Gasteiger charge is 2.22. The fraction of sp³-hybridized carbons (Fsp3) is 0.190. The fourth-order valence-electron chi connectivity index (χ4n) is 9.27. The fourth-order valence-corrected chi connectivity index (χ4v) is 9.27. The summed E-state index contributed by atoms with van der Waals surface area (Å²) in [5.41, 5.74) is 19.8. The van der Waals surface area contributed by atoms with Gasteiger partial charge >= 0.3 is 0 Å². The molecule has 0 amide bonds. The van der Waals surface area contributed by atoms with Crippen molar-refractivity contribution >= 4 is 52.7 Å². The molecule has 2 aliphatic heterocycles. The molecule has 5 heterocycles. The van der Waals surface area contributed by atoms with E-state index in [0.717, 1.165) is 95.6 Å². The molecule has 3 aromatic heterocycles. The van der Waals surface area contributed by atoms with Gasteiger partial charge in [-0.15, -0.1) is 0 Å². The van der Waals surface area contributed by atoms with Crippen molar-refractivity contribution in [3.8, 4) is 56.0 Å². The van der Waals surface area contributed by atoms with Gasteiger partial charge in [0, 0.05) is 49.9 Å². The Morgan fingerprint density at radius 3 is 1.00 bits per heavy atom. The standard InChI is InChI=1S/C63H58N4O2/c1-61(2,3)44-20-12-40(13-21-44)57-49-30-32-51(64-49)58(41-14-22-45(23-15-41)62(4,5)6)53-34-36-55(66-53)60(43-18-28-48(29-19-43)69-47-26-10-39(38-68)11-27-47)56-37-35-54(67-56)59(52-33-31-50(57)65-52)42-16-24-46(25-17-42)63(7,8)9/h10-38,66-67H,1-9H3. The van der Waals surface area contributed by atoms with Crippen LogP contribution in [0, 0.1) is 0 Å². The Morgan fingerprint density at radius 2 is 0.652 bits per heavy atom. The maximum atomic E-state index is 11.3. The van der Waals surface area contributed by atoms with E-state index >= 15 is 0 Å². The molecule has 2 aliphatic rings. The molecule has 0 atom stereocenters. The molecule has 0 radical (unpaired) electrons. The molecule has 8 aromatic rings. The lowest BCUT2D eigenvalue weighted by atomic mass is 9.86. The molecular weight excluding hydrogens is 845 g/mol. The van der Waals surface area contributed by atoms with E-state index in [2.05, 4.69) is 206 Å². The second-order valence-electron chi connectivity index (χ2n) is 21.3. The van der Waals surface area contributed by atoms with Crippen molar-refractivity contribution in [2.24, 2.45) is 0 Å². The molecular formula is C63H58N4O2. The topological polar surface area (TPSA) is 83.7 Å². The number of carbonyl (C=O) groups is 1. The van der Waals surface area contributed by atoms with Crippen LogP contribution in [0.2, 0.25) is 0 Å². The van der Waals surface area contributed by atoms with E-state index in [1.54, 1.807) is 12.1 Å². The van der Waals surface area contributed by atoms with Crippen LogP contribution in [0.5, 0.6) is 11.5 Å². The highest BCUT2D eigenvalue weighted by molar-refractivity contribution is 6.00. The van der Waals surface area contributed by atoms with Crippen LogP contribution in [0.3, 0.4) is 0 Å². The quantitative estimate of drug-likeness (QED) is 0.156. The average molecular weight is 903 g/mol. The predicted octanol–water partition coefficient (Wildman–Crippen LogP) is 16.8. The maximum absolute atomic E-state index is 11.3. The maximum Gasteiger partial charge on any atom is 0.150 e.